The van der Waals surface area contributed by atoms with Crippen LogP contribution in [-0.4, -0.2) is 27.0 Å². The molecule has 0 aliphatic heterocycles. The van der Waals surface area contributed by atoms with E-state index in [0.29, 0.717) is 17.4 Å². The molecule has 29 heavy (non-hydrogen) atoms. The molecule has 0 saturated heterocycles. The lowest BCUT2D eigenvalue weighted by Gasteiger charge is -2.20. The van der Waals surface area contributed by atoms with Gasteiger partial charge in [-0.2, -0.15) is 0 Å². The van der Waals surface area contributed by atoms with E-state index in [4.69, 9.17) is 0 Å². The van der Waals surface area contributed by atoms with Crippen molar-refractivity contribution in [1.29, 1.82) is 0 Å². The minimum absolute atomic E-state index is 0.0944. The molecule has 0 atom stereocenters. The van der Waals surface area contributed by atoms with Gasteiger partial charge in [-0.15, -0.1) is 0 Å². The summed E-state index contributed by atoms with van der Waals surface area (Å²) in [5.41, 5.74) is 0.242. The van der Waals surface area contributed by atoms with Gasteiger partial charge in [-0.25, -0.2) is 14.3 Å². The summed E-state index contributed by atoms with van der Waals surface area (Å²) in [6, 6.07) is 20.7. The molecule has 1 N–H and O–H groups in total. The number of aromatic amines is 1. The van der Waals surface area contributed by atoms with Crippen LogP contribution in [-0.2, 0) is 0 Å². The van der Waals surface area contributed by atoms with Gasteiger partial charge in [-0.1, -0.05) is 36.4 Å². The molecule has 4 rings (SSSR count). The highest BCUT2D eigenvalue weighted by molar-refractivity contribution is 6.04. The van der Waals surface area contributed by atoms with E-state index < -0.39 is 11.2 Å². The molecule has 2 heterocycles. The average molecular weight is 386 g/mol. The van der Waals surface area contributed by atoms with Crippen LogP contribution in [0, 0.1) is 0 Å². The minimum atomic E-state index is -0.610. The number of para-hydroxylation sites is 2. The van der Waals surface area contributed by atoms with Gasteiger partial charge in [0.2, 0.25) is 0 Å². The highest BCUT2D eigenvalue weighted by Gasteiger charge is 2.19. The van der Waals surface area contributed by atoms with Crippen molar-refractivity contribution >= 4 is 22.5 Å². The van der Waals surface area contributed by atoms with E-state index in [1.165, 1.54) is 6.07 Å². The molecule has 2 aromatic heterocycles. The van der Waals surface area contributed by atoms with E-state index in [2.05, 4.69) is 9.97 Å². The third-order valence-electron chi connectivity index (χ3n) is 4.62. The van der Waals surface area contributed by atoms with Crippen LogP contribution in [0.25, 0.3) is 16.7 Å². The quantitative estimate of drug-likeness (QED) is 0.584. The molecule has 0 unspecified atom stereocenters. The Morgan fingerprint density at radius 1 is 0.966 bits per heavy atom. The van der Waals surface area contributed by atoms with Crippen molar-refractivity contribution in [3.63, 3.8) is 0 Å². The predicted octanol–water partition coefficient (Wildman–Crippen LogP) is 2.74. The average Bonchev–Trinajstić information content (AvgIpc) is 2.75. The number of pyridine rings is 1. The number of H-pyrrole nitrogens is 1. The molecule has 1 amide bonds. The van der Waals surface area contributed by atoms with Gasteiger partial charge in [0, 0.05) is 12.2 Å². The fraction of sp³-hybridized carbons (Fsp3) is 0.0909. The van der Waals surface area contributed by atoms with E-state index in [9.17, 15) is 14.4 Å². The Labute approximate surface area is 165 Å². The van der Waals surface area contributed by atoms with E-state index in [0.717, 1.165) is 10.3 Å². The fourth-order valence-corrected chi connectivity index (χ4v) is 3.23. The van der Waals surface area contributed by atoms with Crippen molar-refractivity contribution in [3.8, 4) is 5.82 Å². The van der Waals surface area contributed by atoms with Crippen LogP contribution in [0.3, 0.4) is 0 Å². The maximum atomic E-state index is 13.0. The van der Waals surface area contributed by atoms with Crippen LogP contribution in [0.15, 0.2) is 82.4 Å². The van der Waals surface area contributed by atoms with Crippen LogP contribution in [0.1, 0.15) is 17.4 Å². The van der Waals surface area contributed by atoms with Gasteiger partial charge in [0.05, 0.1) is 10.9 Å². The van der Waals surface area contributed by atoms with Crippen molar-refractivity contribution in [3.05, 3.63) is 99.3 Å². The number of amides is 1. The second-order valence-electron chi connectivity index (χ2n) is 6.38. The van der Waals surface area contributed by atoms with Gasteiger partial charge in [0.25, 0.3) is 11.5 Å². The van der Waals surface area contributed by atoms with E-state index in [-0.39, 0.29) is 17.4 Å². The van der Waals surface area contributed by atoms with Crippen LogP contribution in [0.2, 0.25) is 0 Å². The molecule has 2 aromatic carbocycles. The summed E-state index contributed by atoms with van der Waals surface area (Å²) in [7, 11) is 0. The summed E-state index contributed by atoms with van der Waals surface area (Å²) >= 11 is 0. The maximum absolute atomic E-state index is 13.0. The summed E-state index contributed by atoms with van der Waals surface area (Å²) in [6.45, 7) is 2.32. The Morgan fingerprint density at radius 3 is 2.45 bits per heavy atom. The highest BCUT2D eigenvalue weighted by Crippen LogP contribution is 2.16. The van der Waals surface area contributed by atoms with Gasteiger partial charge >= 0.3 is 5.69 Å². The smallest absolute Gasteiger partial charge is 0.307 e. The first-order valence-corrected chi connectivity index (χ1v) is 9.18. The molecular formula is C22H18N4O3. The van der Waals surface area contributed by atoms with Crippen LogP contribution in [0.4, 0.5) is 5.69 Å². The molecule has 0 aliphatic carbocycles. The molecule has 144 valence electrons. The molecule has 0 spiro atoms. The number of rotatable bonds is 4. The second kappa shape index (κ2) is 7.55. The Balaban J connectivity index is 1.81. The molecule has 0 bridgehead atoms. The first-order valence-electron chi connectivity index (χ1n) is 9.18. The number of benzene rings is 2. The van der Waals surface area contributed by atoms with Crippen molar-refractivity contribution < 1.29 is 4.79 Å². The van der Waals surface area contributed by atoms with Gasteiger partial charge in [-0.3, -0.25) is 9.59 Å². The number of nitrogens with zero attached hydrogens (tertiary/aromatic N) is 3. The normalized spacial score (nSPS) is 10.8. The summed E-state index contributed by atoms with van der Waals surface area (Å²) in [4.78, 5) is 47.0. The number of anilines is 1. The summed E-state index contributed by atoms with van der Waals surface area (Å²) in [6.07, 6.45) is 0. The number of hydrogen-bond acceptors (Lipinski definition) is 4. The summed E-state index contributed by atoms with van der Waals surface area (Å²) in [5, 5.41) is 0.366. The van der Waals surface area contributed by atoms with Gasteiger partial charge in [0.15, 0.2) is 0 Å². The number of aromatic nitrogens is 3. The lowest BCUT2D eigenvalue weighted by Crippen LogP contribution is -2.35. The van der Waals surface area contributed by atoms with E-state index in [1.54, 1.807) is 41.3 Å². The topological polar surface area (TPSA) is 88.1 Å². The number of nitrogens with one attached hydrogen (secondary N) is 1. The molecule has 7 nitrogen and oxygen atoms in total. The first kappa shape index (κ1) is 18.4. The largest absolute Gasteiger partial charge is 0.334 e. The lowest BCUT2D eigenvalue weighted by molar-refractivity contribution is 0.0983. The van der Waals surface area contributed by atoms with Crippen LogP contribution >= 0.6 is 0 Å². The highest BCUT2D eigenvalue weighted by atomic mass is 16.2. The van der Waals surface area contributed by atoms with Crippen molar-refractivity contribution in [2.24, 2.45) is 0 Å². The lowest BCUT2D eigenvalue weighted by atomic mass is 10.2. The Kier molecular flexibility index (Phi) is 4.78. The molecular weight excluding hydrogens is 368 g/mol. The fourth-order valence-electron chi connectivity index (χ4n) is 3.23. The number of fused-ring (bicyclic) bond motifs is 1. The van der Waals surface area contributed by atoms with Crippen molar-refractivity contribution in [1.82, 2.24) is 14.5 Å². The third kappa shape index (κ3) is 3.34. The number of hydrogen-bond donors (Lipinski definition) is 1. The molecule has 0 saturated carbocycles. The maximum Gasteiger partial charge on any atom is 0.334 e. The second-order valence-corrected chi connectivity index (χ2v) is 6.38. The first-order chi connectivity index (χ1) is 14.1. The van der Waals surface area contributed by atoms with Crippen molar-refractivity contribution in [2.45, 2.75) is 6.92 Å². The Bertz CT molecular complexity index is 1310. The monoisotopic (exact) mass is 386 g/mol. The zero-order valence-electron chi connectivity index (χ0n) is 15.7. The molecule has 0 aliphatic rings. The van der Waals surface area contributed by atoms with E-state index in [1.807, 2.05) is 37.3 Å². The predicted molar refractivity (Wildman–Crippen MR) is 112 cm³/mol. The van der Waals surface area contributed by atoms with Crippen LogP contribution < -0.4 is 16.1 Å². The molecule has 0 fully saturated rings. The molecule has 0 radical (unpaired) electrons. The third-order valence-corrected chi connectivity index (χ3v) is 4.62. The molecule has 4 aromatic rings. The Morgan fingerprint density at radius 2 is 1.69 bits per heavy atom. The van der Waals surface area contributed by atoms with Crippen LogP contribution in [0.5, 0.6) is 0 Å². The number of carbonyl (C=O) groups is 1. The summed E-state index contributed by atoms with van der Waals surface area (Å²) < 4.78 is 0.942. The van der Waals surface area contributed by atoms with Gasteiger partial charge in [-0.05, 0) is 43.3 Å². The van der Waals surface area contributed by atoms with Gasteiger partial charge in [0.1, 0.15) is 11.5 Å². The minimum Gasteiger partial charge on any atom is -0.307 e. The summed E-state index contributed by atoms with van der Waals surface area (Å²) in [5.74, 6) is -0.220. The Hall–Kier alpha value is -4.00. The van der Waals surface area contributed by atoms with Gasteiger partial charge < -0.3 is 9.88 Å². The van der Waals surface area contributed by atoms with Crippen molar-refractivity contribution in [2.75, 3.05) is 11.4 Å². The zero-order valence-corrected chi connectivity index (χ0v) is 15.7. The number of carbonyl (C=O) groups excluding carboxylic acids is 1. The zero-order chi connectivity index (χ0) is 20.4. The molecule has 7 heteroatoms. The SMILES string of the molecule is CCN(C(=O)c1cccc(-n2c(=O)[nH]c3ccccc3c2=O)n1)c1ccccc1. The standard InChI is InChI=1S/C22H18N4O3/c1-2-25(15-9-4-3-5-10-15)21(28)18-13-8-14-19(23-18)26-20(27)16-11-6-7-12-17(16)24-22(26)29/h3-14H,2H2,1H3,(H,24,29). The van der Waals surface area contributed by atoms with E-state index >= 15 is 0 Å².